The summed E-state index contributed by atoms with van der Waals surface area (Å²) in [6, 6.07) is 4.27. The number of allylic oxidation sites excluding steroid dienone is 1. The Balaban J connectivity index is 2.45. The zero-order valence-electron chi connectivity index (χ0n) is 12.4. The summed E-state index contributed by atoms with van der Waals surface area (Å²) in [6.45, 7) is 11.8. The minimum absolute atomic E-state index is 0.0651. The van der Waals surface area contributed by atoms with Crippen LogP contribution in [-0.4, -0.2) is 5.91 Å². The molecule has 1 aromatic rings. The third-order valence-corrected chi connectivity index (χ3v) is 3.66. The summed E-state index contributed by atoms with van der Waals surface area (Å²) in [7, 11) is 0. The number of nitrogens with one attached hydrogen (secondary N) is 1. The van der Waals surface area contributed by atoms with Gasteiger partial charge in [0.15, 0.2) is 0 Å². The van der Waals surface area contributed by atoms with Crippen LogP contribution >= 0.6 is 0 Å². The summed E-state index contributed by atoms with van der Waals surface area (Å²) in [5, 5.41) is 3.13. The number of hydrogen-bond donors (Lipinski definition) is 1. The van der Waals surface area contributed by atoms with Crippen molar-refractivity contribution in [2.45, 2.75) is 47.0 Å². The topological polar surface area (TPSA) is 29.1 Å². The van der Waals surface area contributed by atoms with E-state index in [2.05, 4.69) is 24.0 Å². The van der Waals surface area contributed by atoms with Crippen LogP contribution in [0.2, 0.25) is 0 Å². The highest BCUT2D eigenvalue weighted by Gasteiger charge is 2.25. The van der Waals surface area contributed by atoms with Crippen LogP contribution in [0.25, 0.3) is 5.57 Å². The fraction of sp³-hybridized carbons (Fsp3) is 0.471. The van der Waals surface area contributed by atoms with Crippen LogP contribution in [0, 0.1) is 5.41 Å². The summed E-state index contributed by atoms with van der Waals surface area (Å²) >= 11 is 0. The van der Waals surface area contributed by atoms with Gasteiger partial charge in [-0.05, 0) is 42.9 Å². The number of carbonyl (C=O) groups excluding carboxylic acids is 1. The second-order valence-corrected chi connectivity index (χ2v) is 6.46. The lowest BCUT2D eigenvalue weighted by atomic mass is 9.93. The Bertz CT molecular complexity index is 535. The van der Waals surface area contributed by atoms with E-state index in [4.69, 9.17) is 0 Å². The zero-order chi connectivity index (χ0) is 14.2. The van der Waals surface area contributed by atoms with Gasteiger partial charge in [-0.3, -0.25) is 4.79 Å². The van der Waals surface area contributed by atoms with E-state index in [1.54, 1.807) is 0 Å². The second kappa shape index (κ2) is 4.84. The molecule has 2 heteroatoms. The molecule has 0 fully saturated rings. The van der Waals surface area contributed by atoms with Gasteiger partial charge in [0.25, 0.3) is 0 Å². The Morgan fingerprint density at radius 1 is 1.26 bits per heavy atom. The summed E-state index contributed by atoms with van der Waals surface area (Å²) in [5.41, 5.74) is 5.35. The zero-order valence-corrected chi connectivity index (χ0v) is 12.4. The number of amides is 1. The average Bonchev–Trinajstić information content (AvgIpc) is 2.75. The van der Waals surface area contributed by atoms with Crippen molar-refractivity contribution in [1.82, 2.24) is 0 Å². The number of anilines is 1. The van der Waals surface area contributed by atoms with Gasteiger partial charge in [-0.15, -0.1) is 0 Å². The molecule has 0 saturated carbocycles. The first kappa shape index (κ1) is 13.9. The molecule has 2 rings (SSSR count). The molecule has 1 amide bonds. The summed E-state index contributed by atoms with van der Waals surface area (Å²) < 4.78 is 0. The lowest BCUT2D eigenvalue weighted by Gasteiger charge is -2.22. The summed E-state index contributed by atoms with van der Waals surface area (Å²) in [4.78, 5) is 12.3. The van der Waals surface area contributed by atoms with E-state index in [0.717, 1.165) is 29.7 Å². The first-order chi connectivity index (χ1) is 8.80. The molecule has 0 spiro atoms. The number of aryl methyl sites for hydroxylation is 1. The molecule has 2 nitrogen and oxygen atoms in total. The van der Waals surface area contributed by atoms with Crippen molar-refractivity contribution in [3.63, 3.8) is 0 Å². The maximum atomic E-state index is 12.3. The Hall–Kier alpha value is -1.57. The standard InChI is InChI=1S/C17H23NO/c1-11(2)13-10-9-12-7-6-8-14(12)15(13)18-16(19)17(3,4)5/h9-10H,1,6-8H2,2-5H3,(H,18,19). The highest BCUT2D eigenvalue weighted by Crippen LogP contribution is 2.35. The van der Waals surface area contributed by atoms with Gasteiger partial charge in [0.1, 0.15) is 0 Å². The highest BCUT2D eigenvalue weighted by atomic mass is 16.2. The van der Waals surface area contributed by atoms with Crippen LogP contribution < -0.4 is 5.32 Å². The number of carbonyl (C=O) groups is 1. The molecule has 0 aliphatic heterocycles. The molecule has 102 valence electrons. The van der Waals surface area contributed by atoms with Crippen LogP contribution in [0.3, 0.4) is 0 Å². The monoisotopic (exact) mass is 257 g/mol. The molecule has 1 aliphatic carbocycles. The predicted octanol–water partition coefficient (Wildman–Crippen LogP) is 4.19. The molecule has 0 atom stereocenters. The van der Waals surface area contributed by atoms with Gasteiger partial charge in [0.05, 0.1) is 5.69 Å². The van der Waals surface area contributed by atoms with Crippen LogP contribution in [-0.2, 0) is 17.6 Å². The van der Waals surface area contributed by atoms with Gasteiger partial charge in [0.2, 0.25) is 5.91 Å². The summed E-state index contributed by atoms with van der Waals surface area (Å²) in [6.07, 6.45) is 3.34. The van der Waals surface area contributed by atoms with Crippen molar-refractivity contribution in [2.75, 3.05) is 5.32 Å². The van der Waals surface area contributed by atoms with Crippen molar-refractivity contribution in [3.8, 4) is 0 Å². The van der Waals surface area contributed by atoms with Crippen molar-refractivity contribution < 1.29 is 4.79 Å². The van der Waals surface area contributed by atoms with Crippen molar-refractivity contribution in [1.29, 1.82) is 0 Å². The van der Waals surface area contributed by atoms with Crippen LogP contribution in [0.15, 0.2) is 18.7 Å². The first-order valence-electron chi connectivity index (χ1n) is 6.93. The second-order valence-electron chi connectivity index (χ2n) is 6.46. The Morgan fingerprint density at radius 3 is 2.53 bits per heavy atom. The van der Waals surface area contributed by atoms with Crippen LogP contribution in [0.4, 0.5) is 5.69 Å². The molecular weight excluding hydrogens is 234 g/mol. The molecule has 0 bridgehead atoms. The quantitative estimate of drug-likeness (QED) is 0.845. The fourth-order valence-electron chi connectivity index (χ4n) is 2.47. The molecule has 19 heavy (non-hydrogen) atoms. The molecule has 0 saturated heterocycles. The Morgan fingerprint density at radius 2 is 1.95 bits per heavy atom. The van der Waals surface area contributed by atoms with Gasteiger partial charge in [-0.2, -0.15) is 0 Å². The predicted molar refractivity (Wildman–Crippen MR) is 81.3 cm³/mol. The number of rotatable bonds is 2. The molecule has 0 heterocycles. The van der Waals surface area contributed by atoms with Gasteiger partial charge < -0.3 is 5.32 Å². The minimum Gasteiger partial charge on any atom is -0.325 e. The molecule has 0 unspecified atom stereocenters. The SMILES string of the molecule is C=C(C)c1ccc2c(c1NC(=O)C(C)(C)C)CCC2. The number of hydrogen-bond acceptors (Lipinski definition) is 1. The Kier molecular flexibility index (Phi) is 3.53. The van der Waals surface area contributed by atoms with Gasteiger partial charge in [0, 0.05) is 11.0 Å². The molecule has 0 aromatic heterocycles. The third kappa shape index (κ3) is 2.73. The maximum Gasteiger partial charge on any atom is 0.229 e. The minimum atomic E-state index is -0.381. The lowest BCUT2D eigenvalue weighted by molar-refractivity contribution is -0.123. The summed E-state index contributed by atoms with van der Waals surface area (Å²) in [5.74, 6) is 0.0651. The molecular formula is C17H23NO. The van der Waals surface area contributed by atoms with Crippen LogP contribution in [0.5, 0.6) is 0 Å². The molecule has 0 radical (unpaired) electrons. The van der Waals surface area contributed by atoms with E-state index in [0.29, 0.717) is 0 Å². The van der Waals surface area contributed by atoms with Gasteiger partial charge >= 0.3 is 0 Å². The first-order valence-corrected chi connectivity index (χ1v) is 6.93. The van der Waals surface area contributed by atoms with E-state index >= 15 is 0 Å². The molecule has 1 aliphatic rings. The van der Waals surface area contributed by atoms with E-state index in [1.165, 1.54) is 17.5 Å². The smallest absolute Gasteiger partial charge is 0.229 e. The average molecular weight is 257 g/mol. The molecule has 1 N–H and O–H groups in total. The van der Waals surface area contributed by atoms with E-state index in [-0.39, 0.29) is 11.3 Å². The normalized spacial score (nSPS) is 14.1. The largest absolute Gasteiger partial charge is 0.325 e. The third-order valence-electron chi connectivity index (χ3n) is 3.66. The van der Waals surface area contributed by atoms with E-state index in [1.807, 2.05) is 27.7 Å². The van der Waals surface area contributed by atoms with Crippen LogP contribution in [0.1, 0.15) is 50.8 Å². The fourth-order valence-corrected chi connectivity index (χ4v) is 2.47. The maximum absolute atomic E-state index is 12.3. The molecule has 1 aromatic carbocycles. The highest BCUT2D eigenvalue weighted by molar-refractivity contribution is 5.98. The van der Waals surface area contributed by atoms with Gasteiger partial charge in [-0.1, -0.05) is 39.5 Å². The van der Waals surface area contributed by atoms with E-state index < -0.39 is 0 Å². The van der Waals surface area contributed by atoms with Crippen molar-refractivity contribution >= 4 is 17.2 Å². The van der Waals surface area contributed by atoms with Crippen molar-refractivity contribution in [2.24, 2.45) is 5.41 Å². The van der Waals surface area contributed by atoms with Gasteiger partial charge in [-0.25, -0.2) is 0 Å². The number of benzene rings is 1. The van der Waals surface area contributed by atoms with E-state index in [9.17, 15) is 4.79 Å². The number of fused-ring (bicyclic) bond motifs is 1. The Labute approximate surface area is 115 Å². The lowest BCUT2D eigenvalue weighted by Crippen LogP contribution is -2.28. The van der Waals surface area contributed by atoms with Crippen molar-refractivity contribution in [3.05, 3.63) is 35.4 Å².